The summed E-state index contributed by atoms with van der Waals surface area (Å²) in [5.74, 6) is 0.551. The summed E-state index contributed by atoms with van der Waals surface area (Å²) in [4.78, 5) is 14.6. The lowest BCUT2D eigenvalue weighted by atomic mass is 9.76. The van der Waals surface area contributed by atoms with E-state index in [0.717, 1.165) is 51.7 Å². The van der Waals surface area contributed by atoms with Crippen LogP contribution in [0.15, 0.2) is 0 Å². The molecule has 0 aromatic carbocycles. The van der Waals surface area contributed by atoms with Crippen molar-refractivity contribution in [1.29, 1.82) is 0 Å². The Morgan fingerprint density at radius 2 is 2.11 bits per heavy atom. The summed E-state index contributed by atoms with van der Waals surface area (Å²) in [5, 5.41) is 12.9. The van der Waals surface area contributed by atoms with Crippen molar-refractivity contribution >= 4 is 5.91 Å². The molecular formula is C15H28N2O2. The lowest BCUT2D eigenvalue weighted by molar-refractivity contribution is -0.139. The van der Waals surface area contributed by atoms with Crippen molar-refractivity contribution in [3.8, 4) is 0 Å². The second kappa shape index (κ2) is 6.23. The van der Waals surface area contributed by atoms with Crippen molar-refractivity contribution in [3.63, 3.8) is 0 Å². The van der Waals surface area contributed by atoms with Crippen molar-refractivity contribution in [2.45, 2.75) is 52.0 Å². The van der Waals surface area contributed by atoms with E-state index in [1.165, 1.54) is 0 Å². The van der Waals surface area contributed by atoms with Gasteiger partial charge < -0.3 is 15.3 Å². The van der Waals surface area contributed by atoms with Gasteiger partial charge in [-0.3, -0.25) is 4.79 Å². The average molecular weight is 268 g/mol. The van der Waals surface area contributed by atoms with Crippen molar-refractivity contribution in [2.75, 3.05) is 26.2 Å². The van der Waals surface area contributed by atoms with Crippen LogP contribution < -0.4 is 5.32 Å². The van der Waals surface area contributed by atoms with Crippen LogP contribution in [0.2, 0.25) is 0 Å². The second-order valence-corrected chi connectivity index (χ2v) is 6.41. The molecular weight excluding hydrogens is 240 g/mol. The number of carbonyl (C=O) groups excluding carboxylic acids is 1. The molecule has 0 bridgehead atoms. The van der Waals surface area contributed by atoms with Crippen LogP contribution in [0.25, 0.3) is 0 Å². The van der Waals surface area contributed by atoms with Gasteiger partial charge in [-0.15, -0.1) is 0 Å². The molecule has 2 N–H and O–H groups in total. The fraction of sp³-hybridized carbons (Fsp3) is 0.933. The van der Waals surface area contributed by atoms with E-state index in [0.29, 0.717) is 11.9 Å². The molecule has 0 aliphatic carbocycles. The number of hydrogen-bond donors (Lipinski definition) is 2. The first kappa shape index (κ1) is 14.8. The zero-order valence-corrected chi connectivity index (χ0v) is 12.3. The largest absolute Gasteiger partial charge is 0.396 e. The zero-order chi connectivity index (χ0) is 13.9. The summed E-state index contributed by atoms with van der Waals surface area (Å²) in [6.45, 7) is 7.17. The summed E-state index contributed by atoms with van der Waals surface area (Å²) in [6.07, 6.45) is 4.85. The maximum Gasteiger partial charge on any atom is 0.225 e. The first-order valence-corrected chi connectivity index (χ1v) is 7.73. The van der Waals surface area contributed by atoms with Gasteiger partial charge in [-0.25, -0.2) is 0 Å². The molecule has 1 amide bonds. The molecule has 0 unspecified atom stereocenters. The van der Waals surface area contributed by atoms with Gasteiger partial charge in [0, 0.05) is 31.7 Å². The number of nitrogens with one attached hydrogen (secondary N) is 1. The van der Waals surface area contributed by atoms with Gasteiger partial charge in [0.2, 0.25) is 5.91 Å². The number of rotatable bonds is 3. The molecule has 19 heavy (non-hydrogen) atoms. The standard InChI is InChI=1S/C15H28N2O2/c1-3-15(11-18)5-8-17(9-6-15)14(19)13-4-7-16-12(2)10-13/h12-13,16,18H,3-11H2,1-2H3/t12-,13-/m0/s1. The molecule has 0 aromatic rings. The Hall–Kier alpha value is -0.610. The number of likely N-dealkylation sites (tertiary alicyclic amines) is 1. The quantitative estimate of drug-likeness (QED) is 0.813. The first-order valence-electron chi connectivity index (χ1n) is 7.73. The highest BCUT2D eigenvalue weighted by Gasteiger charge is 2.36. The molecule has 0 spiro atoms. The minimum Gasteiger partial charge on any atom is -0.396 e. The third kappa shape index (κ3) is 3.29. The first-order chi connectivity index (χ1) is 9.10. The number of piperidine rings is 2. The molecule has 2 saturated heterocycles. The van der Waals surface area contributed by atoms with Gasteiger partial charge in [0.05, 0.1) is 0 Å². The number of aliphatic hydroxyl groups excluding tert-OH is 1. The molecule has 2 rings (SSSR count). The Bertz CT molecular complexity index is 305. The smallest absolute Gasteiger partial charge is 0.225 e. The zero-order valence-electron chi connectivity index (χ0n) is 12.3. The van der Waals surface area contributed by atoms with Crippen LogP contribution in [0.4, 0.5) is 0 Å². The number of carbonyl (C=O) groups is 1. The fourth-order valence-corrected chi connectivity index (χ4v) is 3.44. The predicted octanol–water partition coefficient (Wildman–Crippen LogP) is 1.39. The van der Waals surface area contributed by atoms with E-state index in [9.17, 15) is 9.90 Å². The van der Waals surface area contributed by atoms with Gasteiger partial charge in [0.25, 0.3) is 0 Å². The molecule has 2 fully saturated rings. The van der Waals surface area contributed by atoms with Gasteiger partial charge in [-0.05, 0) is 51.0 Å². The highest BCUT2D eigenvalue weighted by Crippen LogP contribution is 2.35. The van der Waals surface area contributed by atoms with Gasteiger partial charge >= 0.3 is 0 Å². The Labute approximate surface area is 116 Å². The number of hydrogen-bond acceptors (Lipinski definition) is 3. The van der Waals surface area contributed by atoms with Crippen LogP contribution in [0, 0.1) is 11.3 Å². The minimum atomic E-state index is 0.0677. The predicted molar refractivity (Wildman–Crippen MR) is 75.8 cm³/mol. The highest BCUT2D eigenvalue weighted by molar-refractivity contribution is 5.79. The van der Waals surface area contributed by atoms with Crippen LogP contribution in [0.5, 0.6) is 0 Å². The molecule has 0 radical (unpaired) electrons. The third-order valence-corrected chi connectivity index (χ3v) is 5.19. The monoisotopic (exact) mass is 268 g/mol. The molecule has 2 heterocycles. The van der Waals surface area contributed by atoms with E-state index in [1.54, 1.807) is 0 Å². The van der Waals surface area contributed by atoms with Crippen molar-refractivity contribution in [3.05, 3.63) is 0 Å². The van der Waals surface area contributed by atoms with Crippen molar-refractivity contribution < 1.29 is 9.90 Å². The van der Waals surface area contributed by atoms with Crippen LogP contribution in [-0.4, -0.2) is 48.2 Å². The fourth-order valence-electron chi connectivity index (χ4n) is 3.44. The molecule has 0 aromatic heterocycles. The van der Waals surface area contributed by atoms with E-state index in [-0.39, 0.29) is 17.9 Å². The van der Waals surface area contributed by atoms with Gasteiger partial charge in [-0.2, -0.15) is 0 Å². The van der Waals surface area contributed by atoms with Gasteiger partial charge in [0.15, 0.2) is 0 Å². The SMILES string of the molecule is CCC1(CO)CCN(C(=O)[C@H]2CCN[C@@H](C)C2)CC1. The number of aliphatic hydroxyl groups is 1. The average Bonchev–Trinajstić information content (AvgIpc) is 2.46. The molecule has 2 aliphatic heterocycles. The lowest BCUT2D eigenvalue weighted by Gasteiger charge is -2.42. The van der Waals surface area contributed by atoms with E-state index < -0.39 is 0 Å². The van der Waals surface area contributed by atoms with Gasteiger partial charge in [0.1, 0.15) is 0 Å². The molecule has 2 atom stereocenters. The molecule has 0 saturated carbocycles. The van der Waals surface area contributed by atoms with Gasteiger partial charge in [-0.1, -0.05) is 6.92 Å². The highest BCUT2D eigenvalue weighted by atomic mass is 16.3. The molecule has 2 aliphatic rings. The van der Waals surface area contributed by atoms with E-state index in [2.05, 4.69) is 19.2 Å². The Morgan fingerprint density at radius 3 is 2.63 bits per heavy atom. The van der Waals surface area contributed by atoms with Crippen molar-refractivity contribution in [1.82, 2.24) is 10.2 Å². The summed E-state index contributed by atoms with van der Waals surface area (Å²) in [5.41, 5.74) is 0.0677. The van der Waals surface area contributed by atoms with E-state index >= 15 is 0 Å². The van der Waals surface area contributed by atoms with Crippen LogP contribution in [0.1, 0.15) is 46.0 Å². The second-order valence-electron chi connectivity index (χ2n) is 6.41. The van der Waals surface area contributed by atoms with Crippen LogP contribution in [0.3, 0.4) is 0 Å². The van der Waals surface area contributed by atoms with Crippen LogP contribution >= 0.6 is 0 Å². The maximum atomic E-state index is 12.5. The molecule has 4 nitrogen and oxygen atoms in total. The summed E-state index contributed by atoms with van der Waals surface area (Å²) < 4.78 is 0. The number of amides is 1. The Morgan fingerprint density at radius 1 is 1.42 bits per heavy atom. The summed E-state index contributed by atoms with van der Waals surface area (Å²) >= 11 is 0. The Kier molecular flexibility index (Phi) is 4.85. The van der Waals surface area contributed by atoms with Crippen molar-refractivity contribution in [2.24, 2.45) is 11.3 Å². The third-order valence-electron chi connectivity index (χ3n) is 5.19. The normalized spacial score (nSPS) is 31.2. The topological polar surface area (TPSA) is 52.6 Å². The molecule has 4 heteroatoms. The Balaban J connectivity index is 1.88. The minimum absolute atomic E-state index is 0.0677. The summed E-state index contributed by atoms with van der Waals surface area (Å²) in [7, 11) is 0. The summed E-state index contributed by atoms with van der Waals surface area (Å²) in [6, 6.07) is 0.458. The van der Waals surface area contributed by atoms with E-state index in [4.69, 9.17) is 0 Å². The molecule has 110 valence electrons. The van der Waals surface area contributed by atoms with E-state index in [1.807, 2.05) is 4.90 Å². The lowest BCUT2D eigenvalue weighted by Crippen LogP contribution is -2.49. The van der Waals surface area contributed by atoms with Crippen LogP contribution in [-0.2, 0) is 4.79 Å². The maximum absolute atomic E-state index is 12.5. The number of nitrogens with zero attached hydrogens (tertiary/aromatic N) is 1.